The molecule has 1 rings (SSSR count). The highest BCUT2D eigenvalue weighted by Crippen LogP contribution is 2.02. The molecule has 1 aromatic carbocycles. The maximum absolute atomic E-state index is 7.32. The van der Waals surface area contributed by atoms with Crippen molar-refractivity contribution in [3.63, 3.8) is 0 Å². The van der Waals surface area contributed by atoms with E-state index in [-0.39, 0.29) is 0 Å². The monoisotopic (exact) mass is 148 g/mol. The number of nitriles is 1. The topological polar surface area (TPSA) is 49.8 Å². The van der Waals surface area contributed by atoms with Crippen LogP contribution in [0.3, 0.4) is 0 Å². The van der Waals surface area contributed by atoms with Crippen LogP contribution in [-0.4, -0.2) is 0 Å². The lowest BCUT2D eigenvalue weighted by atomic mass is 10.2. The number of nitrogens with two attached hydrogens (primary N) is 1. The van der Waals surface area contributed by atoms with Gasteiger partial charge in [-0.15, -0.1) is 0 Å². The molecule has 0 amide bonds. The van der Waals surface area contributed by atoms with Crippen molar-refractivity contribution in [2.45, 2.75) is 13.8 Å². The van der Waals surface area contributed by atoms with Crippen LogP contribution in [0, 0.1) is 18.3 Å². The van der Waals surface area contributed by atoms with Crippen molar-refractivity contribution >= 4 is 5.69 Å². The Bertz CT molecular complexity index is 210. The summed E-state index contributed by atoms with van der Waals surface area (Å²) in [5.41, 5.74) is 7.51. The average molecular weight is 148 g/mol. The fourth-order valence-corrected chi connectivity index (χ4v) is 0.566. The molecule has 0 aliphatic rings. The zero-order valence-electron chi connectivity index (χ0n) is 6.83. The quantitative estimate of drug-likeness (QED) is 0.573. The number of hydrogen-bond acceptors (Lipinski definition) is 2. The van der Waals surface area contributed by atoms with Crippen LogP contribution in [0.5, 0.6) is 0 Å². The SMILES string of the molecule is CC#N.Cc1ccc(N)cc1. The van der Waals surface area contributed by atoms with E-state index in [1.54, 1.807) is 6.07 Å². The normalized spacial score (nSPS) is 7.36. The number of benzene rings is 1. The van der Waals surface area contributed by atoms with E-state index in [2.05, 4.69) is 0 Å². The smallest absolute Gasteiger partial charge is 0.0587 e. The summed E-state index contributed by atoms with van der Waals surface area (Å²) >= 11 is 0. The molecule has 2 N–H and O–H groups in total. The van der Waals surface area contributed by atoms with Crippen LogP contribution in [-0.2, 0) is 0 Å². The van der Waals surface area contributed by atoms with Gasteiger partial charge in [0.1, 0.15) is 0 Å². The Morgan fingerprint density at radius 1 is 1.27 bits per heavy atom. The number of anilines is 1. The molecule has 1 aromatic rings. The van der Waals surface area contributed by atoms with Crippen LogP contribution in [0.4, 0.5) is 5.69 Å². The Morgan fingerprint density at radius 3 is 1.91 bits per heavy atom. The summed E-state index contributed by atoms with van der Waals surface area (Å²) in [5.74, 6) is 0. The van der Waals surface area contributed by atoms with Gasteiger partial charge in [0, 0.05) is 12.6 Å². The molecule has 0 aromatic heterocycles. The largest absolute Gasteiger partial charge is 0.399 e. The lowest BCUT2D eigenvalue weighted by molar-refractivity contribution is 1.47. The van der Waals surface area contributed by atoms with E-state index in [9.17, 15) is 0 Å². The first-order chi connectivity index (χ1) is 5.20. The Kier molecular flexibility index (Phi) is 4.59. The van der Waals surface area contributed by atoms with E-state index in [0.29, 0.717) is 0 Å². The summed E-state index contributed by atoms with van der Waals surface area (Å²) in [6.45, 7) is 3.47. The highest BCUT2D eigenvalue weighted by atomic mass is 14.5. The second kappa shape index (κ2) is 5.31. The van der Waals surface area contributed by atoms with Crippen LogP contribution < -0.4 is 5.73 Å². The maximum Gasteiger partial charge on any atom is 0.0587 e. The summed E-state index contributed by atoms with van der Waals surface area (Å²) in [6.07, 6.45) is 0. The fourth-order valence-electron chi connectivity index (χ4n) is 0.566. The van der Waals surface area contributed by atoms with E-state index in [1.807, 2.05) is 31.2 Å². The molecule has 2 nitrogen and oxygen atoms in total. The third-order valence-electron chi connectivity index (χ3n) is 1.08. The maximum atomic E-state index is 7.32. The Labute approximate surface area is 67.3 Å². The first-order valence-corrected chi connectivity index (χ1v) is 3.33. The molecule has 0 radical (unpaired) electrons. The zero-order valence-corrected chi connectivity index (χ0v) is 6.83. The Balaban J connectivity index is 0.000000292. The lowest BCUT2D eigenvalue weighted by Gasteiger charge is -1.90. The predicted octanol–water partition coefficient (Wildman–Crippen LogP) is 2.11. The van der Waals surface area contributed by atoms with Crippen LogP contribution in [0.1, 0.15) is 12.5 Å². The molecule has 0 spiro atoms. The third-order valence-corrected chi connectivity index (χ3v) is 1.08. The minimum Gasteiger partial charge on any atom is -0.399 e. The third kappa shape index (κ3) is 4.98. The van der Waals surface area contributed by atoms with E-state index < -0.39 is 0 Å². The summed E-state index contributed by atoms with van der Waals surface area (Å²) in [7, 11) is 0. The molecule has 58 valence electrons. The van der Waals surface area contributed by atoms with Gasteiger partial charge in [0.15, 0.2) is 0 Å². The molecule has 0 fully saturated rings. The summed E-state index contributed by atoms with van der Waals surface area (Å²) in [5, 5.41) is 7.32. The van der Waals surface area contributed by atoms with Crippen molar-refractivity contribution in [1.82, 2.24) is 0 Å². The lowest BCUT2D eigenvalue weighted by Crippen LogP contribution is -1.81. The molecule has 11 heavy (non-hydrogen) atoms. The molecule has 0 aliphatic carbocycles. The van der Waals surface area contributed by atoms with E-state index in [0.717, 1.165) is 5.69 Å². The van der Waals surface area contributed by atoms with Gasteiger partial charge in [-0.3, -0.25) is 0 Å². The van der Waals surface area contributed by atoms with Gasteiger partial charge in [-0.2, -0.15) is 5.26 Å². The molecular formula is C9H12N2. The molecule has 0 unspecified atom stereocenters. The van der Waals surface area contributed by atoms with Gasteiger partial charge in [-0.05, 0) is 19.1 Å². The minimum atomic E-state index is 0.829. The van der Waals surface area contributed by atoms with E-state index >= 15 is 0 Å². The second-order valence-corrected chi connectivity index (χ2v) is 2.13. The molecule has 0 bridgehead atoms. The van der Waals surface area contributed by atoms with Crippen molar-refractivity contribution in [3.8, 4) is 6.07 Å². The van der Waals surface area contributed by atoms with Gasteiger partial charge < -0.3 is 5.73 Å². The highest BCUT2D eigenvalue weighted by molar-refractivity contribution is 5.38. The van der Waals surface area contributed by atoms with Crippen LogP contribution in [0.2, 0.25) is 0 Å². The van der Waals surface area contributed by atoms with Gasteiger partial charge in [0.05, 0.1) is 6.07 Å². The Hall–Kier alpha value is -1.49. The van der Waals surface area contributed by atoms with Crippen molar-refractivity contribution in [1.29, 1.82) is 5.26 Å². The molecule has 0 saturated carbocycles. The number of nitrogen functional groups attached to an aromatic ring is 1. The average Bonchev–Trinajstić information content (AvgIpc) is 1.97. The van der Waals surface area contributed by atoms with Crippen LogP contribution in [0.25, 0.3) is 0 Å². The van der Waals surface area contributed by atoms with Crippen LogP contribution in [0.15, 0.2) is 24.3 Å². The van der Waals surface area contributed by atoms with Crippen molar-refractivity contribution in [2.24, 2.45) is 0 Å². The Morgan fingerprint density at radius 2 is 1.64 bits per heavy atom. The molecule has 0 aliphatic heterocycles. The second-order valence-electron chi connectivity index (χ2n) is 2.13. The number of aryl methyl sites for hydroxylation is 1. The van der Waals surface area contributed by atoms with E-state index in [4.69, 9.17) is 11.0 Å². The van der Waals surface area contributed by atoms with Gasteiger partial charge in [-0.1, -0.05) is 17.7 Å². The molecule has 0 saturated heterocycles. The highest BCUT2D eigenvalue weighted by Gasteiger charge is 1.80. The van der Waals surface area contributed by atoms with E-state index in [1.165, 1.54) is 12.5 Å². The standard InChI is InChI=1S/C7H9N.C2H3N/c1-6-2-4-7(8)5-3-6;1-2-3/h2-5H,8H2,1H3;1H3. The number of rotatable bonds is 0. The first kappa shape index (κ1) is 9.51. The summed E-state index contributed by atoms with van der Waals surface area (Å²) < 4.78 is 0. The molecule has 2 heteroatoms. The van der Waals surface area contributed by atoms with Gasteiger partial charge in [0.2, 0.25) is 0 Å². The number of hydrogen-bond donors (Lipinski definition) is 1. The van der Waals surface area contributed by atoms with Gasteiger partial charge >= 0.3 is 0 Å². The van der Waals surface area contributed by atoms with Crippen molar-refractivity contribution in [2.75, 3.05) is 5.73 Å². The van der Waals surface area contributed by atoms with Crippen molar-refractivity contribution in [3.05, 3.63) is 29.8 Å². The molecule has 0 atom stereocenters. The van der Waals surface area contributed by atoms with Gasteiger partial charge in [0.25, 0.3) is 0 Å². The summed E-state index contributed by atoms with van der Waals surface area (Å²) in [6, 6.07) is 9.54. The zero-order chi connectivity index (χ0) is 8.69. The first-order valence-electron chi connectivity index (χ1n) is 3.33. The summed E-state index contributed by atoms with van der Waals surface area (Å²) in [4.78, 5) is 0. The molecule has 0 heterocycles. The number of nitrogens with zero attached hydrogens (tertiary/aromatic N) is 1. The van der Waals surface area contributed by atoms with Crippen molar-refractivity contribution < 1.29 is 0 Å². The molecular weight excluding hydrogens is 136 g/mol. The van der Waals surface area contributed by atoms with Gasteiger partial charge in [-0.25, -0.2) is 0 Å². The predicted molar refractivity (Wildman–Crippen MR) is 46.9 cm³/mol. The fraction of sp³-hybridized carbons (Fsp3) is 0.222. The minimum absolute atomic E-state index is 0.829. The van der Waals surface area contributed by atoms with Crippen LogP contribution >= 0.6 is 0 Å².